The van der Waals surface area contributed by atoms with E-state index >= 15 is 0 Å². The Kier molecular flexibility index (Phi) is 6.98. The summed E-state index contributed by atoms with van der Waals surface area (Å²) >= 11 is 0. The van der Waals surface area contributed by atoms with Gasteiger partial charge in [-0.05, 0) is 111 Å². The van der Waals surface area contributed by atoms with Gasteiger partial charge in [0.1, 0.15) is 33.5 Å². The summed E-state index contributed by atoms with van der Waals surface area (Å²) in [4.78, 5) is 2.37. The third kappa shape index (κ3) is 4.98. The molecular weight excluding hydrogens is 735 g/mol. The van der Waals surface area contributed by atoms with Crippen LogP contribution in [0, 0.1) is 0 Å². The molecule has 3 aromatic heterocycles. The summed E-state index contributed by atoms with van der Waals surface area (Å²) in [5.41, 5.74) is 12.6. The second kappa shape index (κ2) is 12.7. The molecule has 13 rings (SSSR count). The van der Waals surface area contributed by atoms with E-state index in [9.17, 15) is 0 Å². The van der Waals surface area contributed by atoms with E-state index in [1.54, 1.807) is 0 Å². The molecule has 0 unspecified atom stereocenters. The smallest absolute Gasteiger partial charge is 0.143 e. The summed E-state index contributed by atoms with van der Waals surface area (Å²) in [6, 6.07) is 70.9. The topological polar surface area (TPSA) is 42.7 Å². The van der Waals surface area contributed by atoms with Crippen molar-refractivity contribution >= 4 is 104 Å². The summed E-state index contributed by atoms with van der Waals surface area (Å²) in [6.07, 6.45) is 0. The van der Waals surface area contributed by atoms with Crippen LogP contribution >= 0.6 is 0 Å². The SMILES string of the molecule is c1ccc2cc(N(c3ccc4ccccc4c3)c3cccc4oc5c(-c6ccc7c(c6)oc6cccc(-c8ccc9oc%10ccccc%10c9c8)c67)cccc5c34)ccc2c1. The van der Waals surface area contributed by atoms with Crippen molar-refractivity contribution in [3.63, 3.8) is 0 Å². The van der Waals surface area contributed by atoms with Crippen molar-refractivity contribution in [3.8, 4) is 22.3 Å². The molecule has 0 saturated heterocycles. The molecule has 0 spiro atoms. The minimum absolute atomic E-state index is 0.831. The van der Waals surface area contributed by atoms with Gasteiger partial charge < -0.3 is 18.2 Å². The molecule has 0 bridgehead atoms. The number of nitrogens with zero attached hydrogens (tertiary/aromatic N) is 1. The predicted molar refractivity (Wildman–Crippen MR) is 249 cm³/mol. The van der Waals surface area contributed by atoms with E-state index in [4.69, 9.17) is 13.3 Å². The second-order valence-electron chi connectivity index (χ2n) is 15.6. The first-order valence-electron chi connectivity index (χ1n) is 20.3. The molecule has 0 fully saturated rings. The Morgan fingerprint density at radius 1 is 0.300 bits per heavy atom. The van der Waals surface area contributed by atoms with Gasteiger partial charge in [0.05, 0.1) is 11.1 Å². The van der Waals surface area contributed by atoms with Crippen LogP contribution in [0.25, 0.3) is 110 Å². The molecule has 4 heteroatoms. The van der Waals surface area contributed by atoms with Gasteiger partial charge in [-0.15, -0.1) is 0 Å². The fourth-order valence-corrected chi connectivity index (χ4v) is 9.43. The predicted octanol–water partition coefficient (Wildman–Crippen LogP) is 16.5. The van der Waals surface area contributed by atoms with Gasteiger partial charge in [-0.25, -0.2) is 0 Å². The molecule has 0 radical (unpaired) electrons. The monoisotopic (exact) mass is 767 g/mol. The fourth-order valence-electron chi connectivity index (χ4n) is 9.43. The van der Waals surface area contributed by atoms with Gasteiger partial charge in [0.25, 0.3) is 0 Å². The molecule has 0 aliphatic heterocycles. The standard InChI is InChI=1S/C56H33NO3/c1-3-12-36-30-40(26-22-34(36)10-1)57(41-27-23-35-11-2-4-13-37(35)31-41)48-18-9-21-52-55(48)46-17-7-16-43(56(46)60-52)39-24-28-45-53(33-39)59-51-20-8-15-42(54(45)51)38-25-29-50-47(32-38)44-14-5-6-19-49(44)58-50/h1-33H. The highest BCUT2D eigenvalue weighted by molar-refractivity contribution is 6.18. The molecule has 0 aliphatic rings. The van der Waals surface area contributed by atoms with Crippen LogP contribution in [0.2, 0.25) is 0 Å². The van der Waals surface area contributed by atoms with Gasteiger partial charge in [-0.3, -0.25) is 0 Å². The molecule has 4 nitrogen and oxygen atoms in total. The molecule has 0 aliphatic carbocycles. The maximum atomic E-state index is 6.88. The lowest BCUT2D eigenvalue weighted by Crippen LogP contribution is -2.10. The summed E-state index contributed by atoms with van der Waals surface area (Å²) in [5.74, 6) is 0. The first-order chi connectivity index (χ1) is 29.7. The average molecular weight is 768 g/mol. The summed E-state index contributed by atoms with van der Waals surface area (Å²) in [7, 11) is 0. The Bertz CT molecular complexity index is 3780. The lowest BCUT2D eigenvalue weighted by molar-refractivity contribution is 0.668. The first kappa shape index (κ1) is 32.9. The van der Waals surface area contributed by atoms with Crippen molar-refractivity contribution in [1.82, 2.24) is 0 Å². The van der Waals surface area contributed by atoms with Crippen LogP contribution in [-0.4, -0.2) is 0 Å². The van der Waals surface area contributed by atoms with Crippen LogP contribution in [0.1, 0.15) is 0 Å². The van der Waals surface area contributed by atoms with Gasteiger partial charge in [0.2, 0.25) is 0 Å². The van der Waals surface area contributed by atoms with Crippen LogP contribution in [0.15, 0.2) is 213 Å². The van der Waals surface area contributed by atoms with Crippen LogP contribution in [0.4, 0.5) is 17.1 Å². The highest BCUT2D eigenvalue weighted by Crippen LogP contribution is 2.47. The van der Waals surface area contributed by atoms with Gasteiger partial charge in [0.15, 0.2) is 0 Å². The van der Waals surface area contributed by atoms with Gasteiger partial charge in [-0.2, -0.15) is 0 Å². The highest BCUT2D eigenvalue weighted by Gasteiger charge is 2.22. The van der Waals surface area contributed by atoms with Gasteiger partial charge >= 0.3 is 0 Å². The Morgan fingerprint density at radius 3 is 1.68 bits per heavy atom. The Balaban J connectivity index is 0.970. The number of benzene rings is 10. The maximum Gasteiger partial charge on any atom is 0.143 e. The van der Waals surface area contributed by atoms with Crippen LogP contribution in [0.3, 0.4) is 0 Å². The lowest BCUT2D eigenvalue weighted by Gasteiger charge is -2.27. The molecule has 0 N–H and O–H groups in total. The van der Waals surface area contributed by atoms with Gasteiger partial charge in [0, 0.05) is 43.9 Å². The number of fused-ring (bicyclic) bond motifs is 11. The quantitative estimate of drug-likeness (QED) is 0.175. The lowest BCUT2D eigenvalue weighted by atomic mass is 9.96. The van der Waals surface area contributed by atoms with E-state index in [1.165, 1.54) is 21.5 Å². The molecule has 3 heterocycles. The third-order valence-electron chi connectivity index (χ3n) is 12.2. The fraction of sp³-hybridized carbons (Fsp3) is 0. The minimum Gasteiger partial charge on any atom is -0.456 e. The number of anilines is 3. The number of para-hydroxylation sites is 2. The average Bonchev–Trinajstić information content (AvgIpc) is 4.00. The molecule has 13 aromatic rings. The van der Waals surface area contributed by atoms with E-state index in [1.807, 2.05) is 12.1 Å². The Morgan fingerprint density at radius 2 is 0.883 bits per heavy atom. The minimum atomic E-state index is 0.831. The first-order valence-corrected chi connectivity index (χ1v) is 20.3. The summed E-state index contributed by atoms with van der Waals surface area (Å²) < 4.78 is 19.7. The van der Waals surface area contributed by atoms with Gasteiger partial charge in [-0.1, -0.05) is 127 Å². The number of furan rings is 3. The van der Waals surface area contributed by atoms with Crippen molar-refractivity contribution < 1.29 is 13.3 Å². The highest BCUT2D eigenvalue weighted by atomic mass is 16.3. The summed E-state index contributed by atoms with van der Waals surface area (Å²) in [6.45, 7) is 0. The second-order valence-corrected chi connectivity index (χ2v) is 15.6. The number of hydrogen-bond donors (Lipinski definition) is 0. The third-order valence-corrected chi connectivity index (χ3v) is 12.2. The van der Waals surface area contributed by atoms with E-state index in [0.29, 0.717) is 0 Å². The largest absolute Gasteiger partial charge is 0.456 e. The Hall–Kier alpha value is -8.08. The zero-order chi connectivity index (χ0) is 39.3. The van der Waals surface area contributed by atoms with Crippen LogP contribution in [-0.2, 0) is 0 Å². The van der Waals surface area contributed by atoms with Crippen molar-refractivity contribution in [3.05, 3.63) is 200 Å². The van der Waals surface area contributed by atoms with E-state index < -0.39 is 0 Å². The number of rotatable bonds is 5. The molecule has 0 saturated carbocycles. The number of hydrogen-bond acceptors (Lipinski definition) is 4. The normalized spacial score (nSPS) is 12.0. The van der Waals surface area contributed by atoms with Crippen molar-refractivity contribution in [2.45, 2.75) is 0 Å². The molecule has 10 aromatic carbocycles. The molecule has 0 amide bonds. The van der Waals surface area contributed by atoms with E-state index in [2.05, 4.69) is 193 Å². The van der Waals surface area contributed by atoms with Crippen molar-refractivity contribution in [1.29, 1.82) is 0 Å². The van der Waals surface area contributed by atoms with Crippen molar-refractivity contribution in [2.24, 2.45) is 0 Å². The zero-order valence-electron chi connectivity index (χ0n) is 32.2. The van der Waals surface area contributed by atoms with Crippen LogP contribution in [0.5, 0.6) is 0 Å². The molecule has 280 valence electrons. The maximum absolute atomic E-state index is 6.88. The summed E-state index contributed by atoms with van der Waals surface area (Å²) in [5, 5.41) is 11.3. The molecular formula is C56H33NO3. The van der Waals surface area contributed by atoms with Crippen LogP contribution < -0.4 is 4.90 Å². The molecule has 60 heavy (non-hydrogen) atoms. The Labute approximate surface area is 343 Å². The zero-order valence-corrected chi connectivity index (χ0v) is 32.2. The molecule has 0 atom stereocenters. The van der Waals surface area contributed by atoms with E-state index in [-0.39, 0.29) is 0 Å². The van der Waals surface area contributed by atoms with E-state index in [0.717, 1.165) is 105 Å². The van der Waals surface area contributed by atoms with Crippen molar-refractivity contribution in [2.75, 3.05) is 4.90 Å².